The number of benzene rings is 2. The maximum atomic E-state index is 12.3. The number of carbonyl (C=O) groups excluding carboxylic acids is 1. The van der Waals surface area contributed by atoms with Crippen LogP contribution in [0.25, 0.3) is 0 Å². The van der Waals surface area contributed by atoms with Gasteiger partial charge in [-0.2, -0.15) is 15.0 Å². The molecule has 0 radical (unpaired) electrons. The number of ether oxygens (including phenoxy) is 2. The van der Waals surface area contributed by atoms with E-state index in [1.807, 2.05) is 42.5 Å². The molecule has 0 spiro atoms. The third-order valence-corrected chi connectivity index (χ3v) is 5.77. The van der Waals surface area contributed by atoms with Crippen molar-refractivity contribution < 1.29 is 14.3 Å². The van der Waals surface area contributed by atoms with E-state index in [1.165, 1.54) is 5.56 Å². The van der Waals surface area contributed by atoms with Crippen molar-refractivity contribution in [3.05, 3.63) is 65.7 Å². The zero-order valence-corrected chi connectivity index (χ0v) is 23.3. The van der Waals surface area contributed by atoms with E-state index in [2.05, 4.69) is 55.3 Å². The third kappa shape index (κ3) is 12.4. The lowest BCUT2D eigenvalue weighted by atomic mass is 10.1. The first-order valence-corrected chi connectivity index (χ1v) is 13.9. The predicted molar refractivity (Wildman–Crippen MR) is 159 cm³/mol. The van der Waals surface area contributed by atoms with E-state index >= 15 is 0 Å². The third-order valence-electron chi connectivity index (χ3n) is 5.77. The Morgan fingerprint density at radius 3 is 2.15 bits per heavy atom. The molecular weight excluding hydrogens is 508 g/mol. The van der Waals surface area contributed by atoms with Crippen LogP contribution in [0.3, 0.4) is 0 Å². The Hall–Kier alpha value is -3.80. The van der Waals surface area contributed by atoms with Crippen LogP contribution in [0.15, 0.2) is 54.6 Å². The van der Waals surface area contributed by atoms with Crippen molar-refractivity contribution in [2.24, 2.45) is 5.73 Å². The van der Waals surface area contributed by atoms with Crippen molar-refractivity contribution in [1.29, 1.82) is 0 Å². The van der Waals surface area contributed by atoms with Gasteiger partial charge in [0.15, 0.2) is 0 Å². The van der Waals surface area contributed by atoms with Crippen molar-refractivity contribution >= 4 is 29.4 Å². The summed E-state index contributed by atoms with van der Waals surface area (Å²) in [4.78, 5) is 25.9. The van der Waals surface area contributed by atoms with Crippen LogP contribution in [0.2, 0.25) is 0 Å². The molecule has 40 heavy (non-hydrogen) atoms. The predicted octanol–water partition coefficient (Wildman–Crippen LogP) is 3.13. The van der Waals surface area contributed by atoms with Gasteiger partial charge < -0.3 is 36.5 Å². The van der Waals surface area contributed by atoms with Gasteiger partial charge in [-0.1, -0.05) is 55.8 Å². The molecule has 6 N–H and O–H groups in total. The van der Waals surface area contributed by atoms with Crippen LogP contribution in [-0.2, 0) is 27.1 Å². The monoisotopic (exact) mass is 550 g/mol. The van der Waals surface area contributed by atoms with Crippen LogP contribution < -0.4 is 27.0 Å². The molecule has 3 aromatic rings. The Bertz CT molecular complexity index is 1120. The largest absolute Gasteiger partial charge is 0.378 e. The number of nitrogens with zero attached hydrogens (tertiary/aromatic N) is 3. The molecule has 0 unspecified atom stereocenters. The second kappa shape index (κ2) is 18.5. The maximum absolute atomic E-state index is 12.3. The lowest BCUT2D eigenvalue weighted by molar-refractivity contribution is -0.120. The number of hydrogen-bond donors (Lipinski definition) is 5. The van der Waals surface area contributed by atoms with Crippen LogP contribution in [0.4, 0.5) is 23.5 Å². The number of nitrogens with one attached hydrogen (secondary N) is 4. The molecule has 3 rings (SSSR count). The van der Waals surface area contributed by atoms with Gasteiger partial charge >= 0.3 is 0 Å². The second-order valence-electron chi connectivity index (χ2n) is 9.11. The number of rotatable bonds is 20. The molecule has 1 amide bonds. The molecule has 11 nitrogen and oxygen atoms in total. The normalized spacial score (nSPS) is 10.8. The minimum Gasteiger partial charge on any atom is -0.378 e. The van der Waals surface area contributed by atoms with E-state index in [9.17, 15) is 4.79 Å². The Morgan fingerprint density at radius 2 is 1.45 bits per heavy atom. The number of carbonyl (C=O) groups is 1. The molecule has 0 atom stereocenters. The van der Waals surface area contributed by atoms with Crippen LogP contribution in [-0.4, -0.2) is 73.5 Å². The van der Waals surface area contributed by atoms with Gasteiger partial charge in [0.1, 0.15) is 0 Å². The van der Waals surface area contributed by atoms with Crippen LogP contribution in [0.5, 0.6) is 0 Å². The van der Waals surface area contributed by atoms with Gasteiger partial charge in [-0.15, -0.1) is 0 Å². The van der Waals surface area contributed by atoms with Gasteiger partial charge in [-0.3, -0.25) is 4.79 Å². The molecule has 2 aromatic carbocycles. The zero-order valence-electron chi connectivity index (χ0n) is 23.3. The SMILES string of the molecule is CCCCNc1nc(NCCc2ccccc2)nc(Nc2ccc(CC(=O)NCCOCCOCCN)cc2)n1. The summed E-state index contributed by atoms with van der Waals surface area (Å²) in [7, 11) is 0. The minimum absolute atomic E-state index is 0.0600. The highest BCUT2D eigenvalue weighted by Gasteiger charge is 2.08. The molecule has 0 saturated carbocycles. The van der Waals surface area contributed by atoms with E-state index in [1.54, 1.807) is 0 Å². The number of anilines is 4. The lowest BCUT2D eigenvalue weighted by Crippen LogP contribution is -2.29. The number of nitrogens with two attached hydrogens (primary N) is 1. The molecular formula is C29H42N8O3. The summed E-state index contributed by atoms with van der Waals surface area (Å²) in [6.45, 7) is 6.51. The Labute approximate surface area is 236 Å². The first-order chi connectivity index (χ1) is 19.7. The van der Waals surface area contributed by atoms with Gasteiger partial charge in [-0.05, 0) is 36.1 Å². The Kier molecular flexibility index (Phi) is 14.2. The highest BCUT2D eigenvalue weighted by molar-refractivity contribution is 5.78. The molecule has 1 heterocycles. The van der Waals surface area contributed by atoms with E-state index in [0.29, 0.717) is 63.9 Å². The summed E-state index contributed by atoms with van der Waals surface area (Å²) >= 11 is 0. The van der Waals surface area contributed by atoms with Gasteiger partial charge in [0.05, 0.1) is 32.8 Å². The van der Waals surface area contributed by atoms with Gasteiger partial charge in [-0.25, -0.2) is 0 Å². The zero-order chi connectivity index (χ0) is 28.3. The van der Waals surface area contributed by atoms with Gasteiger partial charge in [0.2, 0.25) is 23.8 Å². The van der Waals surface area contributed by atoms with Crippen molar-refractivity contribution in [3.8, 4) is 0 Å². The standard InChI is InChI=1S/C29H42N8O3/c1-2-3-15-32-27-35-28(33-16-13-23-7-5-4-6-8-23)37-29(36-27)34-25-11-9-24(10-12-25)22-26(38)31-17-19-40-21-20-39-18-14-30/h4-12H,2-3,13-22,30H2,1H3,(H,31,38)(H3,32,33,34,35,36,37). The van der Waals surface area contributed by atoms with E-state index in [-0.39, 0.29) is 12.3 Å². The average molecular weight is 551 g/mol. The molecule has 1 aromatic heterocycles. The Balaban J connectivity index is 1.49. The van der Waals surface area contributed by atoms with E-state index in [0.717, 1.165) is 37.1 Å². The molecule has 0 fully saturated rings. The fraction of sp³-hybridized carbons (Fsp3) is 0.448. The van der Waals surface area contributed by atoms with E-state index < -0.39 is 0 Å². The molecule has 0 saturated heterocycles. The highest BCUT2D eigenvalue weighted by atomic mass is 16.5. The fourth-order valence-corrected chi connectivity index (χ4v) is 3.68. The summed E-state index contributed by atoms with van der Waals surface area (Å²) < 4.78 is 10.7. The van der Waals surface area contributed by atoms with Crippen molar-refractivity contribution in [2.45, 2.75) is 32.6 Å². The molecule has 0 aliphatic carbocycles. The van der Waals surface area contributed by atoms with Crippen LogP contribution >= 0.6 is 0 Å². The topological polar surface area (TPSA) is 148 Å². The fourth-order valence-electron chi connectivity index (χ4n) is 3.68. The van der Waals surface area contributed by atoms with Crippen molar-refractivity contribution in [1.82, 2.24) is 20.3 Å². The second-order valence-corrected chi connectivity index (χ2v) is 9.11. The minimum atomic E-state index is -0.0600. The molecule has 216 valence electrons. The summed E-state index contributed by atoms with van der Waals surface area (Å²) in [6, 6.07) is 17.9. The maximum Gasteiger partial charge on any atom is 0.233 e. The molecule has 0 aliphatic heterocycles. The number of hydrogen-bond acceptors (Lipinski definition) is 10. The van der Waals surface area contributed by atoms with Gasteiger partial charge in [0.25, 0.3) is 0 Å². The summed E-state index contributed by atoms with van der Waals surface area (Å²) in [5.74, 6) is 1.41. The summed E-state index contributed by atoms with van der Waals surface area (Å²) in [5.41, 5.74) is 8.32. The average Bonchev–Trinajstić information content (AvgIpc) is 2.96. The molecule has 0 bridgehead atoms. The number of amides is 1. The van der Waals surface area contributed by atoms with Crippen molar-refractivity contribution in [3.63, 3.8) is 0 Å². The summed E-state index contributed by atoms with van der Waals surface area (Å²) in [6.07, 6.45) is 3.25. The quantitative estimate of drug-likeness (QED) is 0.133. The van der Waals surface area contributed by atoms with Gasteiger partial charge in [0, 0.05) is 31.9 Å². The Morgan fingerprint density at radius 1 is 0.775 bits per heavy atom. The molecule has 11 heteroatoms. The van der Waals surface area contributed by atoms with Crippen LogP contribution in [0.1, 0.15) is 30.9 Å². The van der Waals surface area contributed by atoms with Crippen molar-refractivity contribution in [2.75, 3.05) is 68.6 Å². The highest BCUT2D eigenvalue weighted by Crippen LogP contribution is 2.17. The summed E-state index contributed by atoms with van der Waals surface area (Å²) in [5, 5.41) is 12.7. The van der Waals surface area contributed by atoms with Crippen LogP contribution in [0, 0.1) is 0 Å². The molecule has 0 aliphatic rings. The first kappa shape index (κ1) is 30.7. The number of aromatic nitrogens is 3. The first-order valence-electron chi connectivity index (χ1n) is 13.9. The lowest BCUT2D eigenvalue weighted by Gasteiger charge is -2.12. The smallest absolute Gasteiger partial charge is 0.233 e. The van der Waals surface area contributed by atoms with E-state index in [4.69, 9.17) is 15.2 Å². The number of unbranched alkanes of at least 4 members (excludes halogenated alkanes) is 1.